The van der Waals surface area contributed by atoms with Crippen molar-refractivity contribution in [3.63, 3.8) is 0 Å². The molecule has 0 radical (unpaired) electrons. The van der Waals surface area contributed by atoms with E-state index in [1.54, 1.807) is 29.2 Å². The van der Waals surface area contributed by atoms with Crippen molar-refractivity contribution in [2.45, 2.75) is 44.6 Å². The number of aliphatic carboxylic acids is 1. The van der Waals surface area contributed by atoms with Gasteiger partial charge in [0.1, 0.15) is 5.75 Å². The van der Waals surface area contributed by atoms with Gasteiger partial charge in [-0.25, -0.2) is 0 Å². The number of nitrogens with zero attached hydrogens (tertiary/aromatic N) is 1. The summed E-state index contributed by atoms with van der Waals surface area (Å²) in [6.45, 7) is 0.865. The second kappa shape index (κ2) is 9.05. The first-order valence-corrected chi connectivity index (χ1v) is 8.51. The Morgan fingerprint density at radius 3 is 2.76 bits per heavy atom. The lowest BCUT2D eigenvalue weighted by Crippen LogP contribution is -2.44. The van der Waals surface area contributed by atoms with Gasteiger partial charge in [0.25, 0.3) is 0 Å². The second-order valence-corrected chi connectivity index (χ2v) is 6.16. The van der Waals surface area contributed by atoms with Crippen LogP contribution in [0.15, 0.2) is 24.3 Å². The molecule has 1 aromatic carbocycles. The minimum absolute atomic E-state index is 0.00413. The van der Waals surface area contributed by atoms with E-state index in [1.165, 1.54) is 0 Å². The van der Waals surface area contributed by atoms with E-state index in [0.717, 1.165) is 19.3 Å². The number of piperidine rings is 1. The lowest BCUT2D eigenvalue weighted by atomic mass is 9.97. The van der Waals surface area contributed by atoms with Gasteiger partial charge >= 0.3 is 5.97 Å². The molecule has 1 fully saturated rings. The zero-order valence-electron chi connectivity index (χ0n) is 14.1. The monoisotopic (exact) mass is 348 g/mol. The highest BCUT2D eigenvalue weighted by Crippen LogP contribution is 2.22. The van der Waals surface area contributed by atoms with Gasteiger partial charge in [-0.3, -0.25) is 14.4 Å². The molecule has 2 rings (SSSR count). The van der Waals surface area contributed by atoms with Crippen LogP contribution in [0.2, 0.25) is 0 Å². The molecule has 7 heteroatoms. The molecule has 136 valence electrons. The van der Waals surface area contributed by atoms with Crippen LogP contribution in [-0.2, 0) is 9.59 Å². The molecule has 1 unspecified atom stereocenters. The number of nitrogens with two attached hydrogens (primary N) is 1. The third-order valence-corrected chi connectivity index (χ3v) is 4.34. The molecule has 7 nitrogen and oxygen atoms in total. The van der Waals surface area contributed by atoms with Crippen molar-refractivity contribution in [2.75, 3.05) is 13.2 Å². The van der Waals surface area contributed by atoms with E-state index in [0.29, 0.717) is 24.3 Å². The Morgan fingerprint density at radius 1 is 1.24 bits per heavy atom. The molecule has 0 spiro atoms. The van der Waals surface area contributed by atoms with Gasteiger partial charge in [0, 0.05) is 24.6 Å². The quantitative estimate of drug-likeness (QED) is 0.744. The molecule has 3 N–H and O–H groups in total. The normalized spacial score (nSPS) is 17.1. The summed E-state index contributed by atoms with van der Waals surface area (Å²) in [5.41, 5.74) is 5.58. The molecule has 1 aliphatic heterocycles. The van der Waals surface area contributed by atoms with Gasteiger partial charge in [-0.2, -0.15) is 0 Å². The molecule has 1 aromatic rings. The summed E-state index contributed by atoms with van der Waals surface area (Å²) in [6.07, 6.45) is 3.58. The molecule has 2 amide bonds. The number of carbonyl (C=O) groups is 3. The second-order valence-electron chi connectivity index (χ2n) is 6.16. The highest BCUT2D eigenvalue weighted by Gasteiger charge is 2.26. The first-order chi connectivity index (χ1) is 12.0. The number of rotatable bonds is 8. The average Bonchev–Trinajstić information content (AvgIpc) is 2.60. The summed E-state index contributed by atoms with van der Waals surface area (Å²) in [4.78, 5) is 36.1. The van der Waals surface area contributed by atoms with Crippen LogP contribution in [0, 0.1) is 0 Å². The van der Waals surface area contributed by atoms with Crippen molar-refractivity contribution < 1.29 is 24.2 Å². The molecule has 1 atom stereocenters. The predicted molar refractivity (Wildman–Crippen MR) is 91.3 cm³/mol. The molecule has 1 aliphatic rings. The van der Waals surface area contributed by atoms with Crippen LogP contribution in [0.1, 0.15) is 48.9 Å². The standard InChI is InChI=1S/C18H24N2O5/c19-18(24)13-4-3-6-15(12-13)25-11-9-16(21)20-10-2-1-5-14(20)7-8-17(22)23/h3-4,6,12,14H,1-2,5,7-11H2,(H2,19,24)(H,22,23). The Balaban J connectivity index is 1.84. The van der Waals surface area contributed by atoms with Gasteiger partial charge in [0.2, 0.25) is 11.8 Å². The fraction of sp³-hybridized carbons (Fsp3) is 0.500. The number of amides is 2. The zero-order chi connectivity index (χ0) is 18.2. The fourth-order valence-corrected chi connectivity index (χ4v) is 3.06. The molecule has 0 aromatic heterocycles. The third-order valence-electron chi connectivity index (χ3n) is 4.34. The Labute approximate surface area is 146 Å². The van der Waals surface area contributed by atoms with Crippen molar-refractivity contribution in [1.29, 1.82) is 0 Å². The minimum Gasteiger partial charge on any atom is -0.493 e. The number of primary amides is 1. The van der Waals surface area contributed by atoms with E-state index >= 15 is 0 Å². The maximum Gasteiger partial charge on any atom is 0.303 e. The first kappa shape index (κ1) is 18.8. The molecular weight excluding hydrogens is 324 g/mol. The molecular formula is C18H24N2O5. The zero-order valence-corrected chi connectivity index (χ0v) is 14.1. The Morgan fingerprint density at radius 2 is 2.04 bits per heavy atom. The number of benzene rings is 1. The van der Waals surface area contributed by atoms with Crippen LogP contribution in [0.25, 0.3) is 0 Å². The number of carbonyl (C=O) groups excluding carboxylic acids is 2. The molecule has 0 saturated carbocycles. The highest BCUT2D eigenvalue weighted by molar-refractivity contribution is 5.93. The van der Waals surface area contributed by atoms with Crippen molar-refractivity contribution in [3.8, 4) is 5.75 Å². The van der Waals surface area contributed by atoms with E-state index < -0.39 is 11.9 Å². The minimum atomic E-state index is -0.837. The lowest BCUT2D eigenvalue weighted by molar-refractivity contribution is -0.140. The van der Waals surface area contributed by atoms with Crippen LogP contribution >= 0.6 is 0 Å². The van der Waals surface area contributed by atoms with Gasteiger partial charge in [0.15, 0.2) is 0 Å². The predicted octanol–water partition coefficient (Wildman–Crippen LogP) is 1.80. The number of likely N-dealkylation sites (tertiary alicyclic amines) is 1. The molecule has 0 aliphatic carbocycles. The van der Waals surface area contributed by atoms with Crippen molar-refractivity contribution in [2.24, 2.45) is 5.73 Å². The smallest absolute Gasteiger partial charge is 0.303 e. The van der Waals surface area contributed by atoms with Gasteiger partial charge in [0.05, 0.1) is 13.0 Å². The average molecular weight is 348 g/mol. The van der Waals surface area contributed by atoms with E-state index in [9.17, 15) is 14.4 Å². The van der Waals surface area contributed by atoms with Gasteiger partial charge in [-0.05, 0) is 43.9 Å². The van der Waals surface area contributed by atoms with Crippen LogP contribution in [0.3, 0.4) is 0 Å². The Kier molecular flexibility index (Phi) is 6.80. The fourth-order valence-electron chi connectivity index (χ4n) is 3.06. The summed E-state index contributed by atoms with van der Waals surface area (Å²) in [5.74, 6) is -0.905. The van der Waals surface area contributed by atoms with Gasteiger partial charge < -0.3 is 20.5 Å². The van der Waals surface area contributed by atoms with E-state index in [4.69, 9.17) is 15.6 Å². The summed E-state index contributed by atoms with van der Waals surface area (Å²) in [7, 11) is 0. The number of hydrogen-bond acceptors (Lipinski definition) is 4. The number of hydrogen-bond donors (Lipinski definition) is 2. The molecule has 0 bridgehead atoms. The van der Waals surface area contributed by atoms with Gasteiger partial charge in [-0.15, -0.1) is 0 Å². The van der Waals surface area contributed by atoms with Crippen LogP contribution < -0.4 is 10.5 Å². The largest absolute Gasteiger partial charge is 0.493 e. The Hall–Kier alpha value is -2.57. The molecule has 1 heterocycles. The summed E-state index contributed by atoms with van der Waals surface area (Å²) in [6, 6.07) is 6.51. The van der Waals surface area contributed by atoms with Crippen molar-refractivity contribution in [1.82, 2.24) is 4.90 Å². The molecule has 1 saturated heterocycles. The lowest BCUT2D eigenvalue weighted by Gasteiger charge is -2.35. The third kappa shape index (κ3) is 5.77. The summed E-state index contributed by atoms with van der Waals surface area (Å²) < 4.78 is 5.54. The van der Waals surface area contributed by atoms with Crippen LogP contribution in [0.4, 0.5) is 0 Å². The van der Waals surface area contributed by atoms with E-state index in [-0.39, 0.29) is 31.4 Å². The number of ether oxygens (including phenoxy) is 1. The number of carboxylic acids is 1. The summed E-state index contributed by atoms with van der Waals surface area (Å²) in [5, 5.41) is 8.84. The van der Waals surface area contributed by atoms with E-state index in [2.05, 4.69) is 0 Å². The van der Waals surface area contributed by atoms with Crippen molar-refractivity contribution >= 4 is 17.8 Å². The highest BCUT2D eigenvalue weighted by atomic mass is 16.5. The van der Waals surface area contributed by atoms with Crippen LogP contribution in [0.5, 0.6) is 5.75 Å². The number of carboxylic acid groups (broad SMARTS) is 1. The van der Waals surface area contributed by atoms with Gasteiger partial charge in [-0.1, -0.05) is 6.07 Å². The van der Waals surface area contributed by atoms with Crippen LogP contribution in [-0.4, -0.2) is 47.0 Å². The SMILES string of the molecule is NC(=O)c1cccc(OCCC(=O)N2CCCCC2CCC(=O)O)c1. The summed E-state index contributed by atoms with van der Waals surface area (Å²) >= 11 is 0. The maximum atomic E-state index is 12.4. The Bertz CT molecular complexity index is 632. The van der Waals surface area contributed by atoms with Crippen molar-refractivity contribution in [3.05, 3.63) is 29.8 Å². The first-order valence-electron chi connectivity index (χ1n) is 8.51. The topological polar surface area (TPSA) is 110 Å². The molecule has 25 heavy (non-hydrogen) atoms. The maximum absolute atomic E-state index is 12.4. The van der Waals surface area contributed by atoms with E-state index in [1.807, 2.05) is 0 Å².